The molecule has 9 nitrogen and oxygen atoms in total. The van der Waals surface area contributed by atoms with E-state index in [1.54, 1.807) is 6.07 Å². The Morgan fingerprint density at radius 1 is 1.17 bits per heavy atom. The Hall–Kier alpha value is -3.59. The average Bonchev–Trinajstić information content (AvgIpc) is 3.30. The molecule has 1 aromatic heterocycles. The second kappa shape index (κ2) is 9.75. The number of carbonyl (C=O) groups excluding carboxylic acids is 1. The van der Waals surface area contributed by atoms with E-state index in [0.717, 1.165) is 30.8 Å². The molecule has 0 aliphatic rings. The van der Waals surface area contributed by atoms with Gasteiger partial charge in [-0.25, -0.2) is 9.67 Å². The second-order valence-corrected chi connectivity index (χ2v) is 6.71. The lowest BCUT2D eigenvalue weighted by Crippen LogP contribution is -2.26. The highest BCUT2D eigenvalue weighted by Crippen LogP contribution is 2.23. The number of nitro groups is 1. The van der Waals surface area contributed by atoms with Crippen LogP contribution in [0.15, 0.2) is 55.1 Å². The van der Waals surface area contributed by atoms with Gasteiger partial charge in [0.1, 0.15) is 18.3 Å². The van der Waals surface area contributed by atoms with E-state index < -0.39 is 4.92 Å². The number of carbonyl (C=O) groups is 1. The van der Waals surface area contributed by atoms with Crippen LogP contribution in [-0.4, -0.2) is 43.6 Å². The van der Waals surface area contributed by atoms with Crippen molar-refractivity contribution in [3.8, 4) is 5.69 Å². The number of nitrogens with zero attached hydrogens (tertiary/aromatic N) is 5. The highest BCUT2D eigenvalue weighted by Gasteiger charge is 2.19. The summed E-state index contributed by atoms with van der Waals surface area (Å²) in [7, 11) is 0. The van der Waals surface area contributed by atoms with Crippen LogP contribution >= 0.6 is 0 Å². The maximum Gasteiger partial charge on any atom is 0.295 e. The first-order chi connectivity index (χ1) is 14.5. The summed E-state index contributed by atoms with van der Waals surface area (Å²) in [6.07, 6.45) is 2.66. The molecule has 0 aliphatic carbocycles. The summed E-state index contributed by atoms with van der Waals surface area (Å²) in [5.74, 6) is -0.374. The van der Waals surface area contributed by atoms with E-state index in [2.05, 4.69) is 40.2 Å². The van der Waals surface area contributed by atoms with Crippen LogP contribution in [0.2, 0.25) is 0 Å². The van der Waals surface area contributed by atoms with Gasteiger partial charge >= 0.3 is 0 Å². The van der Waals surface area contributed by atoms with Gasteiger partial charge in [0.15, 0.2) is 0 Å². The Morgan fingerprint density at radius 3 is 2.53 bits per heavy atom. The molecule has 1 N–H and O–H groups in total. The summed E-state index contributed by atoms with van der Waals surface area (Å²) in [5.41, 5.74) is 2.42. The quantitative estimate of drug-likeness (QED) is 0.431. The Bertz CT molecular complexity index is 1020. The highest BCUT2D eigenvalue weighted by atomic mass is 16.6. The Labute approximate surface area is 174 Å². The number of amides is 1. The number of nitro benzene ring substituents is 1. The van der Waals surface area contributed by atoms with Crippen LogP contribution in [0.4, 0.5) is 5.69 Å². The number of aromatic nitrogens is 3. The summed E-state index contributed by atoms with van der Waals surface area (Å²) in [5, 5.41) is 18.3. The number of hydrogen-bond acceptors (Lipinski definition) is 6. The zero-order chi connectivity index (χ0) is 21.5. The van der Waals surface area contributed by atoms with Gasteiger partial charge in [-0.3, -0.25) is 19.8 Å². The standard InChI is InChI=1S/C21H24N6O3/c1-3-25(4-2)13-18-8-6-5-7-17(18)12-23-21(28)16-9-10-19(20(11-16)27(29)30)26-15-22-14-24-26/h5-11,14-15H,3-4,12-13H2,1-2H3,(H,23,28). The van der Waals surface area contributed by atoms with E-state index in [1.165, 1.54) is 29.5 Å². The van der Waals surface area contributed by atoms with E-state index in [-0.39, 0.29) is 22.8 Å². The molecule has 2 aromatic carbocycles. The van der Waals surface area contributed by atoms with Gasteiger partial charge in [-0.2, -0.15) is 5.10 Å². The predicted molar refractivity (Wildman–Crippen MR) is 112 cm³/mol. The minimum Gasteiger partial charge on any atom is -0.348 e. The number of benzene rings is 2. The topological polar surface area (TPSA) is 106 Å². The summed E-state index contributed by atoms with van der Waals surface area (Å²) >= 11 is 0. The molecule has 0 atom stereocenters. The van der Waals surface area contributed by atoms with Gasteiger partial charge in [-0.1, -0.05) is 38.1 Å². The van der Waals surface area contributed by atoms with E-state index >= 15 is 0 Å². The molecule has 0 radical (unpaired) electrons. The number of nitrogens with one attached hydrogen (secondary N) is 1. The summed E-state index contributed by atoms with van der Waals surface area (Å²) in [4.78, 5) is 29.7. The number of rotatable bonds is 9. The predicted octanol–water partition coefficient (Wildman–Crippen LogP) is 2.95. The van der Waals surface area contributed by atoms with Gasteiger partial charge in [0, 0.05) is 24.7 Å². The van der Waals surface area contributed by atoms with Crippen molar-refractivity contribution in [1.82, 2.24) is 25.0 Å². The molecular formula is C21H24N6O3. The molecule has 1 heterocycles. The van der Waals surface area contributed by atoms with Crippen molar-refractivity contribution in [3.63, 3.8) is 0 Å². The van der Waals surface area contributed by atoms with Crippen molar-refractivity contribution >= 4 is 11.6 Å². The normalized spacial score (nSPS) is 10.9. The zero-order valence-electron chi connectivity index (χ0n) is 17.0. The molecule has 0 aliphatic heterocycles. The SMILES string of the molecule is CCN(CC)Cc1ccccc1CNC(=O)c1ccc(-n2cncn2)c([N+](=O)[O-])c1. The maximum atomic E-state index is 12.7. The van der Waals surface area contributed by atoms with Crippen molar-refractivity contribution in [3.05, 3.63) is 81.9 Å². The smallest absolute Gasteiger partial charge is 0.295 e. The van der Waals surface area contributed by atoms with Crippen LogP contribution in [0.1, 0.15) is 35.3 Å². The lowest BCUT2D eigenvalue weighted by molar-refractivity contribution is -0.384. The first-order valence-electron chi connectivity index (χ1n) is 9.74. The second-order valence-electron chi connectivity index (χ2n) is 6.71. The minimum atomic E-state index is -0.535. The summed E-state index contributed by atoms with van der Waals surface area (Å²) in [6.45, 7) is 7.26. The lowest BCUT2D eigenvalue weighted by Gasteiger charge is -2.20. The molecule has 3 aromatic rings. The molecule has 0 bridgehead atoms. The van der Waals surface area contributed by atoms with Gasteiger partial charge in [-0.05, 0) is 36.3 Å². The van der Waals surface area contributed by atoms with Gasteiger partial charge in [0.25, 0.3) is 11.6 Å². The maximum absolute atomic E-state index is 12.7. The van der Waals surface area contributed by atoms with Crippen molar-refractivity contribution in [2.24, 2.45) is 0 Å². The van der Waals surface area contributed by atoms with Crippen LogP contribution in [0, 0.1) is 10.1 Å². The van der Waals surface area contributed by atoms with Gasteiger partial charge in [0.05, 0.1) is 4.92 Å². The Kier molecular flexibility index (Phi) is 6.87. The third kappa shape index (κ3) is 4.87. The molecule has 156 valence electrons. The molecule has 0 unspecified atom stereocenters. The Balaban J connectivity index is 1.76. The molecule has 0 fully saturated rings. The molecule has 0 saturated carbocycles. The third-order valence-corrected chi connectivity index (χ3v) is 4.95. The van der Waals surface area contributed by atoms with Crippen LogP contribution < -0.4 is 5.32 Å². The van der Waals surface area contributed by atoms with Crippen LogP contribution in [0.5, 0.6) is 0 Å². The van der Waals surface area contributed by atoms with E-state index in [4.69, 9.17) is 0 Å². The summed E-state index contributed by atoms with van der Waals surface area (Å²) in [6, 6.07) is 12.2. The van der Waals surface area contributed by atoms with Crippen molar-refractivity contribution in [2.75, 3.05) is 13.1 Å². The van der Waals surface area contributed by atoms with E-state index in [0.29, 0.717) is 6.54 Å². The molecule has 3 rings (SSSR count). The zero-order valence-corrected chi connectivity index (χ0v) is 17.0. The fourth-order valence-electron chi connectivity index (χ4n) is 3.19. The van der Waals surface area contributed by atoms with Crippen molar-refractivity contribution in [2.45, 2.75) is 26.9 Å². The van der Waals surface area contributed by atoms with E-state index in [1.807, 2.05) is 18.2 Å². The van der Waals surface area contributed by atoms with Crippen LogP contribution in [-0.2, 0) is 13.1 Å². The summed E-state index contributed by atoms with van der Waals surface area (Å²) < 4.78 is 1.29. The van der Waals surface area contributed by atoms with Gasteiger partial charge < -0.3 is 5.32 Å². The van der Waals surface area contributed by atoms with Gasteiger partial charge in [0.2, 0.25) is 0 Å². The third-order valence-electron chi connectivity index (χ3n) is 4.95. The van der Waals surface area contributed by atoms with Crippen molar-refractivity contribution < 1.29 is 9.72 Å². The monoisotopic (exact) mass is 408 g/mol. The van der Waals surface area contributed by atoms with Gasteiger partial charge in [-0.15, -0.1) is 0 Å². The minimum absolute atomic E-state index is 0.213. The number of hydrogen-bond donors (Lipinski definition) is 1. The molecular weight excluding hydrogens is 384 g/mol. The first kappa shape index (κ1) is 21.1. The van der Waals surface area contributed by atoms with Crippen LogP contribution in [0.25, 0.3) is 5.69 Å². The largest absolute Gasteiger partial charge is 0.348 e. The highest BCUT2D eigenvalue weighted by molar-refractivity contribution is 5.95. The average molecular weight is 408 g/mol. The first-order valence-corrected chi connectivity index (χ1v) is 9.74. The Morgan fingerprint density at radius 2 is 1.90 bits per heavy atom. The molecule has 1 amide bonds. The molecule has 30 heavy (non-hydrogen) atoms. The van der Waals surface area contributed by atoms with E-state index in [9.17, 15) is 14.9 Å². The van der Waals surface area contributed by atoms with Crippen molar-refractivity contribution in [1.29, 1.82) is 0 Å². The molecule has 0 spiro atoms. The lowest BCUT2D eigenvalue weighted by atomic mass is 10.1. The fourth-order valence-corrected chi connectivity index (χ4v) is 3.19. The molecule has 0 saturated heterocycles. The van der Waals surface area contributed by atoms with Crippen LogP contribution in [0.3, 0.4) is 0 Å². The molecule has 9 heteroatoms. The fraction of sp³-hybridized carbons (Fsp3) is 0.286.